The van der Waals surface area contributed by atoms with Crippen LogP contribution in [0, 0.1) is 5.92 Å². The summed E-state index contributed by atoms with van der Waals surface area (Å²) in [6, 6.07) is 6.02. The van der Waals surface area contributed by atoms with Crippen LogP contribution in [0.3, 0.4) is 0 Å². The van der Waals surface area contributed by atoms with Crippen molar-refractivity contribution in [2.45, 2.75) is 32.1 Å². The van der Waals surface area contributed by atoms with E-state index in [1.165, 1.54) is 54.6 Å². The van der Waals surface area contributed by atoms with Gasteiger partial charge in [-0.25, -0.2) is 0 Å². The van der Waals surface area contributed by atoms with Crippen molar-refractivity contribution in [2.24, 2.45) is 13.0 Å². The molecule has 1 aliphatic carbocycles. The van der Waals surface area contributed by atoms with Gasteiger partial charge in [0.15, 0.2) is 0 Å². The number of amides is 1. The van der Waals surface area contributed by atoms with E-state index in [9.17, 15) is 4.79 Å². The number of benzene rings is 1. The van der Waals surface area contributed by atoms with Crippen LogP contribution in [0.5, 0.6) is 0 Å². The van der Waals surface area contributed by atoms with E-state index >= 15 is 0 Å². The van der Waals surface area contributed by atoms with Crippen molar-refractivity contribution in [3.05, 3.63) is 48.7 Å². The molecule has 0 unspecified atom stereocenters. The van der Waals surface area contributed by atoms with Crippen molar-refractivity contribution >= 4 is 28.6 Å². The molecule has 0 spiro atoms. The molecule has 1 saturated carbocycles. The van der Waals surface area contributed by atoms with Crippen molar-refractivity contribution in [3.8, 4) is 0 Å². The number of nitrogens with zero attached hydrogens (tertiary/aromatic N) is 1. The van der Waals surface area contributed by atoms with Crippen molar-refractivity contribution < 1.29 is 4.79 Å². The van der Waals surface area contributed by atoms with Crippen LogP contribution < -0.4 is 5.32 Å². The maximum atomic E-state index is 11.5. The molecule has 0 saturated heterocycles. The van der Waals surface area contributed by atoms with E-state index in [4.69, 9.17) is 0 Å². The molecule has 23 heavy (non-hydrogen) atoms. The summed E-state index contributed by atoms with van der Waals surface area (Å²) in [6.45, 7) is 3.49. The first-order chi connectivity index (χ1) is 11.2. The van der Waals surface area contributed by atoms with Gasteiger partial charge in [-0.05, 0) is 48.6 Å². The maximum Gasteiger partial charge on any atom is 0.247 e. The van der Waals surface area contributed by atoms with Gasteiger partial charge in [-0.15, -0.1) is 0 Å². The monoisotopic (exact) mass is 308 g/mol. The van der Waals surface area contributed by atoms with Gasteiger partial charge in [0, 0.05) is 29.8 Å². The summed E-state index contributed by atoms with van der Waals surface area (Å²) in [5.74, 6) is 0.530. The highest BCUT2D eigenvalue weighted by atomic mass is 16.1. The van der Waals surface area contributed by atoms with Gasteiger partial charge >= 0.3 is 0 Å². The second-order valence-corrected chi connectivity index (χ2v) is 6.38. The third-order valence-electron chi connectivity index (χ3n) is 4.67. The highest BCUT2D eigenvalue weighted by Crippen LogP contribution is 2.28. The largest absolute Gasteiger partial charge is 0.350 e. The SMILES string of the molecule is C=CC(=O)Nc1ccc2c(c1)c(/C=C/C1CCCCC1)cn2C. The molecule has 1 amide bonds. The van der Waals surface area contributed by atoms with Crippen LogP contribution in [-0.2, 0) is 11.8 Å². The molecule has 1 fully saturated rings. The average Bonchev–Trinajstić information content (AvgIpc) is 2.89. The molecular formula is C20H24N2O. The lowest BCUT2D eigenvalue weighted by molar-refractivity contribution is -0.111. The van der Waals surface area contributed by atoms with Gasteiger partial charge in [0.1, 0.15) is 0 Å². The Kier molecular flexibility index (Phi) is 4.65. The number of aryl methyl sites for hydroxylation is 1. The number of allylic oxidation sites excluding steroid dienone is 1. The molecule has 3 nitrogen and oxygen atoms in total. The molecule has 1 N–H and O–H groups in total. The van der Waals surface area contributed by atoms with Crippen molar-refractivity contribution in [2.75, 3.05) is 5.32 Å². The molecule has 3 rings (SSSR count). The van der Waals surface area contributed by atoms with Crippen LogP contribution in [0.25, 0.3) is 17.0 Å². The Balaban J connectivity index is 1.89. The Bertz CT molecular complexity index is 748. The zero-order valence-electron chi connectivity index (χ0n) is 13.7. The maximum absolute atomic E-state index is 11.5. The first kappa shape index (κ1) is 15.6. The minimum absolute atomic E-state index is 0.181. The predicted octanol–water partition coefficient (Wildman–Crippen LogP) is 4.90. The normalized spacial score (nSPS) is 16.0. The Morgan fingerprint density at radius 2 is 2.09 bits per heavy atom. The first-order valence-electron chi connectivity index (χ1n) is 8.38. The first-order valence-corrected chi connectivity index (χ1v) is 8.38. The van der Waals surface area contributed by atoms with E-state index in [0.29, 0.717) is 5.92 Å². The molecule has 0 bridgehead atoms. The molecule has 0 radical (unpaired) electrons. The number of nitrogens with one attached hydrogen (secondary N) is 1. The Morgan fingerprint density at radius 1 is 1.30 bits per heavy atom. The van der Waals surface area contributed by atoms with Crippen LogP contribution >= 0.6 is 0 Å². The molecule has 120 valence electrons. The van der Waals surface area contributed by atoms with E-state index < -0.39 is 0 Å². The number of rotatable bonds is 4. The Labute approximate surface area is 137 Å². The van der Waals surface area contributed by atoms with E-state index in [2.05, 4.69) is 41.9 Å². The average molecular weight is 308 g/mol. The summed E-state index contributed by atoms with van der Waals surface area (Å²) in [5, 5.41) is 4.00. The number of carbonyl (C=O) groups is 1. The molecule has 1 aromatic heterocycles. The smallest absolute Gasteiger partial charge is 0.247 e. The van der Waals surface area contributed by atoms with E-state index in [1.54, 1.807) is 0 Å². The Hall–Kier alpha value is -2.29. The Morgan fingerprint density at radius 3 is 2.83 bits per heavy atom. The summed E-state index contributed by atoms with van der Waals surface area (Å²) in [7, 11) is 2.06. The summed E-state index contributed by atoms with van der Waals surface area (Å²) in [5.41, 5.74) is 3.19. The summed E-state index contributed by atoms with van der Waals surface area (Å²) >= 11 is 0. The fraction of sp³-hybridized carbons (Fsp3) is 0.350. The van der Waals surface area contributed by atoms with Crippen molar-refractivity contribution in [1.29, 1.82) is 0 Å². The van der Waals surface area contributed by atoms with Crippen LogP contribution in [0.4, 0.5) is 5.69 Å². The van der Waals surface area contributed by atoms with Gasteiger partial charge in [-0.2, -0.15) is 0 Å². The summed E-state index contributed by atoms with van der Waals surface area (Å²) in [6.07, 6.45) is 14.8. The predicted molar refractivity (Wildman–Crippen MR) is 97.4 cm³/mol. The van der Waals surface area contributed by atoms with Crippen LogP contribution in [0.2, 0.25) is 0 Å². The zero-order chi connectivity index (χ0) is 16.2. The third-order valence-corrected chi connectivity index (χ3v) is 4.67. The van der Waals surface area contributed by atoms with Crippen molar-refractivity contribution in [3.63, 3.8) is 0 Å². The molecular weight excluding hydrogens is 284 g/mol. The number of fused-ring (bicyclic) bond motifs is 1. The summed E-state index contributed by atoms with van der Waals surface area (Å²) in [4.78, 5) is 11.5. The molecule has 2 aromatic rings. The highest BCUT2D eigenvalue weighted by molar-refractivity contribution is 6.01. The number of carbonyl (C=O) groups excluding carboxylic acids is 1. The van der Waals surface area contributed by atoms with Gasteiger partial charge in [0.05, 0.1) is 0 Å². The standard InChI is InChI=1S/C20H24N2O/c1-3-20(23)21-17-11-12-19-18(13-17)16(14-22(19)2)10-9-15-7-5-4-6-8-15/h3,9-15H,1,4-8H2,2H3,(H,21,23)/b10-9+. The molecule has 0 aliphatic heterocycles. The van der Waals surface area contributed by atoms with E-state index in [1.807, 2.05) is 18.2 Å². The van der Waals surface area contributed by atoms with Gasteiger partial charge < -0.3 is 9.88 Å². The van der Waals surface area contributed by atoms with Crippen LogP contribution in [0.15, 0.2) is 43.1 Å². The fourth-order valence-corrected chi connectivity index (χ4v) is 3.39. The molecule has 1 aliphatic rings. The molecule has 3 heteroatoms. The highest BCUT2D eigenvalue weighted by Gasteiger charge is 2.11. The van der Waals surface area contributed by atoms with Gasteiger partial charge in [-0.3, -0.25) is 4.79 Å². The van der Waals surface area contributed by atoms with Crippen LogP contribution in [-0.4, -0.2) is 10.5 Å². The molecule has 0 atom stereocenters. The van der Waals surface area contributed by atoms with Gasteiger partial charge in [0.25, 0.3) is 0 Å². The number of hydrogen-bond donors (Lipinski definition) is 1. The quantitative estimate of drug-likeness (QED) is 0.801. The zero-order valence-corrected chi connectivity index (χ0v) is 13.7. The second-order valence-electron chi connectivity index (χ2n) is 6.38. The van der Waals surface area contributed by atoms with Crippen LogP contribution in [0.1, 0.15) is 37.7 Å². The van der Waals surface area contributed by atoms with Crippen molar-refractivity contribution in [1.82, 2.24) is 4.57 Å². The minimum Gasteiger partial charge on any atom is -0.350 e. The van der Waals surface area contributed by atoms with Gasteiger partial charge in [0.2, 0.25) is 5.91 Å². The van der Waals surface area contributed by atoms with Gasteiger partial charge in [-0.1, -0.05) is 38.0 Å². The second kappa shape index (κ2) is 6.86. The number of anilines is 1. The lowest BCUT2D eigenvalue weighted by atomic mass is 9.89. The lowest BCUT2D eigenvalue weighted by Crippen LogP contribution is -2.06. The van der Waals surface area contributed by atoms with E-state index in [-0.39, 0.29) is 5.91 Å². The molecule has 1 heterocycles. The number of hydrogen-bond acceptors (Lipinski definition) is 1. The molecule has 1 aromatic carbocycles. The topological polar surface area (TPSA) is 34.0 Å². The minimum atomic E-state index is -0.181. The lowest BCUT2D eigenvalue weighted by Gasteiger charge is -2.17. The fourth-order valence-electron chi connectivity index (χ4n) is 3.39. The van der Waals surface area contributed by atoms with E-state index in [0.717, 1.165) is 5.69 Å². The summed E-state index contributed by atoms with van der Waals surface area (Å²) < 4.78 is 2.13. The number of aromatic nitrogens is 1. The third kappa shape index (κ3) is 3.55.